The second kappa shape index (κ2) is 7.35. The van der Waals surface area contributed by atoms with Crippen LogP contribution in [-0.4, -0.2) is 35.5 Å². The largest absolute Gasteiger partial charge is 0.366 e. The van der Waals surface area contributed by atoms with E-state index < -0.39 is 0 Å². The summed E-state index contributed by atoms with van der Waals surface area (Å²) in [7, 11) is 1.89. The van der Waals surface area contributed by atoms with Gasteiger partial charge in [0.1, 0.15) is 11.5 Å². The minimum atomic E-state index is -0.244. The Labute approximate surface area is 124 Å². The molecule has 0 aliphatic rings. The van der Waals surface area contributed by atoms with Crippen LogP contribution < -0.4 is 16.0 Å². The Morgan fingerprint density at radius 2 is 2.00 bits per heavy atom. The smallest absolute Gasteiger partial charge is 0.274 e. The van der Waals surface area contributed by atoms with Gasteiger partial charge in [0.2, 0.25) is 0 Å². The second-order valence-corrected chi connectivity index (χ2v) is 4.70. The summed E-state index contributed by atoms with van der Waals surface area (Å²) in [6.07, 6.45) is 3.25. The molecule has 110 valence electrons. The molecule has 0 aromatic carbocycles. The molecule has 1 amide bonds. The van der Waals surface area contributed by atoms with Crippen LogP contribution in [0.2, 0.25) is 0 Å². The number of hydrogen-bond acceptors (Lipinski definition) is 5. The van der Waals surface area contributed by atoms with Gasteiger partial charge in [-0.1, -0.05) is 6.07 Å². The lowest BCUT2D eigenvalue weighted by molar-refractivity contribution is 0.102. The molecule has 0 radical (unpaired) electrons. The van der Waals surface area contributed by atoms with Gasteiger partial charge in [-0.25, -0.2) is 4.98 Å². The Kier molecular flexibility index (Phi) is 5.22. The van der Waals surface area contributed by atoms with Crippen molar-refractivity contribution in [1.82, 2.24) is 15.3 Å². The summed E-state index contributed by atoms with van der Waals surface area (Å²) in [5, 5.41) is 9.10. The van der Waals surface area contributed by atoms with Crippen molar-refractivity contribution in [3.8, 4) is 0 Å². The van der Waals surface area contributed by atoms with Crippen molar-refractivity contribution in [2.45, 2.75) is 13.0 Å². The predicted octanol–water partition coefficient (Wildman–Crippen LogP) is 1.75. The summed E-state index contributed by atoms with van der Waals surface area (Å²) in [5.41, 5.74) is 1.06. The number of carbonyl (C=O) groups excluding carboxylic acids is 1. The Morgan fingerprint density at radius 3 is 2.71 bits per heavy atom. The van der Waals surface area contributed by atoms with Crippen molar-refractivity contribution in [1.29, 1.82) is 0 Å². The molecule has 0 saturated carbocycles. The number of rotatable bonds is 6. The highest BCUT2D eigenvalue weighted by Crippen LogP contribution is 2.09. The molecule has 2 aromatic heterocycles. The Hall–Kier alpha value is -2.47. The average Bonchev–Trinajstić information content (AvgIpc) is 2.48. The number of nitrogens with zero attached hydrogens (tertiary/aromatic N) is 2. The van der Waals surface area contributed by atoms with Crippen molar-refractivity contribution < 1.29 is 4.79 Å². The van der Waals surface area contributed by atoms with Crippen molar-refractivity contribution in [2.24, 2.45) is 0 Å². The lowest BCUT2D eigenvalue weighted by Gasteiger charge is -2.14. The molecule has 2 rings (SSSR count). The van der Waals surface area contributed by atoms with Crippen molar-refractivity contribution in [3.05, 3.63) is 48.4 Å². The number of anilines is 2. The first-order valence-corrected chi connectivity index (χ1v) is 6.78. The van der Waals surface area contributed by atoms with Crippen molar-refractivity contribution >= 4 is 17.4 Å². The number of pyridine rings is 2. The summed E-state index contributed by atoms with van der Waals surface area (Å²) >= 11 is 0. The van der Waals surface area contributed by atoms with Crippen LogP contribution in [0.3, 0.4) is 0 Å². The van der Waals surface area contributed by atoms with E-state index in [1.165, 1.54) is 0 Å². The Bertz CT molecular complexity index is 588. The van der Waals surface area contributed by atoms with Crippen LogP contribution in [0.15, 0.2) is 42.7 Å². The molecule has 0 fully saturated rings. The average molecular weight is 285 g/mol. The molecular weight excluding hydrogens is 266 g/mol. The van der Waals surface area contributed by atoms with Gasteiger partial charge in [0.15, 0.2) is 0 Å². The van der Waals surface area contributed by atoms with Crippen LogP contribution in [0, 0.1) is 0 Å². The molecule has 6 nitrogen and oxygen atoms in total. The molecule has 1 atom stereocenters. The first-order chi connectivity index (χ1) is 10.2. The standard InChI is InChI=1S/C15H19N5O/c1-11(10-16-2)18-14-5-3-4-13(20-14)15(21)19-12-6-8-17-9-7-12/h3-9,11,16H,10H2,1-2H3,(H,18,20)(H,17,19,21). The van der Waals surface area contributed by atoms with Crippen LogP contribution >= 0.6 is 0 Å². The fourth-order valence-electron chi connectivity index (χ4n) is 1.88. The van der Waals surface area contributed by atoms with E-state index in [1.807, 2.05) is 26.1 Å². The molecule has 1 unspecified atom stereocenters. The third kappa shape index (κ3) is 4.54. The number of carbonyl (C=O) groups is 1. The van der Waals surface area contributed by atoms with Gasteiger partial charge >= 0.3 is 0 Å². The molecule has 0 aliphatic carbocycles. The molecule has 6 heteroatoms. The maximum atomic E-state index is 12.1. The monoisotopic (exact) mass is 285 g/mol. The van der Waals surface area contributed by atoms with Gasteiger partial charge in [-0.3, -0.25) is 9.78 Å². The van der Waals surface area contributed by atoms with Crippen LogP contribution in [-0.2, 0) is 0 Å². The highest BCUT2D eigenvalue weighted by molar-refractivity contribution is 6.03. The molecule has 2 heterocycles. The number of likely N-dealkylation sites (N-methyl/N-ethyl adjacent to an activating group) is 1. The molecule has 0 spiro atoms. The van der Waals surface area contributed by atoms with E-state index in [9.17, 15) is 4.79 Å². The van der Waals surface area contributed by atoms with E-state index in [0.717, 1.165) is 6.54 Å². The van der Waals surface area contributed by atoms with Gasteiger partial charge in [-0.05, 0) is 38.2 Å². The third-order valence-corrected chi connectivity index (χ3v) is 2.82. The lowest BCUT2D eigenvalue weighted by atomic mass is 10.3. The number of aromatic nitrogens is 2. The minimum Gasteiger partial charge on any atom is -0.366 e. The SMILES string of the molecule is CNCC(C)Nc1cccc(C(=O)Nc2ccncc2)n1. The molecular formula is C15H19N5O. The zero-order chi connectivity index (χ0) is 15.1. The first kappa shape index (κ1) is 14.9. The van der Waals surface area contributed by atoms with Gasteiger partial charge < -0.3 is 16.0 Å². The first-order valence-electron chi connectivity index (χ1n) is 6.78. The molecule has 0 saturated heterocycles. The summed E-state index contributed by atoms with van der Waals surface area (Å²) in [5.74, 6) is 0.436. The van der Waals surface area contributed by atoms with Crippen molar-refractivity contribution in [2.75, 3.05) is 24.2 Å². The number of amides is 1. The molecule has 2 aromatic rings. The van der Waals surface area contributed by atoms with Crippen molar-refractivity contribution in [3.63, 3.8) is 0 Å². The van der Waals surface area contributed by atoms with Crippen LogP contribution in [0.4, 0.5) is 11.5 Å². The van der Waals surface area contributed by atoms with Gasteiger partial charge in [-0.2, -0.15) is 0 Å². The number of hydrogen-bond donors (Lipinski definition) is 3. The second-order valence-electron chi connectivity index (χ2n) is 4.70. The van der Waals surface area contributed by atoms with Crippen LogP contribution in [0.1, 0.15) is 17.4 Å². The maximum Gasteiger partial charge on any atom is 0.274 e. The van der Waals surface area contributed by atoms with E-state index in [-0.39, 0.29) is 11.9 Å². The van der Waals surface area contributed by atoms with Crippen LogP contribution in [0.25, 0.3) is 0 Å². The zero-order valence-corrected chi connectivity index (χ0v) is 12.1. The van der Waals surface area contributed by atoms with Gasteiger partial charge in [0.05, 0.1) is 0 Å². The van der Waals surface area contributed by atoms with Gasteiger partial charge in [0, 0.05) is 30.7 Å². The zero-order valence-electron chi connectivity index (χ0n) is 12.1. The normalized spacial score (nSPS) is 11.7. The molecule has 21 heavy (non-hydrogen) atoms. The lowest BCUT2D eigenvalue weighted by Crippen LogP contribution is -2.28. The van der Waals surface area contributed by atoms with E-state index in [0.29, 0.717) is 17.2 Å². The molecule has 3 N–H and O–H groups in total. The van der Waals surface area contributed by atoms with E-state index in [1.54, 1.807) is 30.6 Å². The molecule has 0 bridgehead atoms. The fraction of sp³-hybridized carbons (Fsp3) is 0.267. The highest BCUT2D eigenvalue weighted by atomic mass is 16.1. The van der Waals surface area contributed by atoms with E-state index in [2.05, 4.69) is 25.9 Å². The summed E-state index contributed by atoms with van der Waals surface area (Å²) < 4.78 is 0. The van der Waals surface area contributed by atoms with E-state index >= 15 is 0 Å². The van der Waals surface area contributed by atoms with E-state index in [4.69, 9.17) is 0 Å². The minimum absolute atomic E-state index is 0.223. The number of nitrogens with one attached hydrogen (secondary N) is 3. The summed E-state index contributed by atoms with van der Waals surface area (Å²) in [6.45, 7) is 2.86. The summed E-state index contributed by atoms with van der Waals surface area (Å²) in [6, 6.07) is 9.02. The fourth-order valence-corrected chi connectivity index (χ4v) is 1.88. The van der Waals surface area contributed by atoms with Gasteiger partial charge in [-0.15, -0.1) is 0 Å². The van der Waals surface area contributed by atoms with Crippen LogP contribution in [0.5, 0.6) is 0 Å². The topological polar surface area (TPSA) is 78.9 Å². The third-order valence-electron chi connectivity index (χ3n) is 2.82. The Morgan fingerprint density at radius 1 is 1.24 bits per heavy atom. The van der Waals surface area contributed by atoms with Gasteiger partial charge in [0.25, 0.3) is 5.91 Å². The quantitative estimate of drug-likeness (QED) is 0.753. The highest BCUT2D eigenvalue weighted by Gasteiger charge is 2.09. The maximum absolute atomic E-state index is 12.1. The Balaban J connectivity index is 2.04. The summed E-state index contributed by atoms with van der Waals surface area (Å²) in [4.78, 5) is 20.4. The molecule has 0 aliphatic heterocycles. The predicted molar refractivity (Wildman–Crippen MR) is 83.4 cm³/mol.